The summed E-state index contributed by atoms with van der Waals surface area (Å²) in [6.45, 7) is 4.68. The van der Waals surface area contributed by atoms with Crippen LogP contribution in [0.25, 0.3) is 0 Å². The fourth-order valence-electron chi connectivity index (χ4n) is 1.48. The second kappa shape index (κ2) is 6.23. The van der Waals surface area contributed by atoms with Gasteiger partial charge in [0.1, 0.15) is 0 Å². The Hall–Kier alpha value is -0.580. The molecule has 1 unspecified atom stereocenters. The highest BCUT2D eigenvalue weighted by Crippen LogP contribution is 2.21. The van der Waals surface area contributed by atoms with E-state index in [-0.39, 0.29) is 11.9 Å². The number of carbonyl (C=O) groups excluding carboxylic acids is 1. The first kappa shape index (κ1) is 13.5. The average Bonchev–Trinajstić information content (AvgIpc) is 2.63. The average molecular weight is 261 g/mol. The van der Waals surface area contributed by atoms with Gasteiger partial charge in [0.25, 0.3) is 5.91 Å². The van der Waals surface area contributed by atoms with Crippen LogP contribution in [0.1, 0.15) is 29.9 Å². The van der Waals surface area contributed by atoms with Crippen LogP contribution >= 0.6 is 22.9 Å². The molecule has 0 aliphatic rings. The number of thiophene rings is 1. The summed E-state index contributed by atoms with van der Waals surface area (Å²) < 4.78 is 0.623. The zero-order chi connectivity index (χ0) is 12.1. The summed E-state index contributed by atoms with van der Waals surface area (Å²) in [5, 5.41) is 2.92. The highest BCUT2D eigenvalue weighted by atomic mass is 35.5. The summed E-state index contributed by atoms with van der Waals surface area (Å²) in [5.74, 6) is 0.425. The third-order valence-corrected chi connectivity index (χ3v) is 3.40. The van der Waals surface area contributed by atoms with Crippen molar-refractivity contribution in [1.29, 1.82) is 0 Å². The summed E-state index contributed by atoms with van der Waals surface area (Å²) in [5.41, 5.74) is 5.62. The van der Waals surface area contributed by atoms with Gasteiger partial charge in [0.05, 0.1) is 9.21 Å². The van der Waals surface area contributed by atoms with E-state index in [2.05, 4.69) is 19.2 Å². The molecule has 1 aromatic rings. The Kier molecular flexibility index (Phi) is 5.25. The number of amides is 1. The molecular formula is C11H17ClN2OS. The number of hydrogen-bond donors (Lipinski definition) is 2. The van der Waals surface area contributed by atoms with Crippen molar-refractivity contribution in [3.05, 3.63) is 21.3 Å². The van der Waals surface area contributed by atoms with E-state index in [1.807, 2.05) is 0 Å². The molecule has 1 rings (SSSR count). The maximum Gasteiger partial charge on any atom is 0.261 e. The minimum Gasteiger partial charge on any atom is -0.347 e. The van der Waals surface area contributed by atoms with E-state index in [0.29, 0.717) is 21.7 Å². The van der Waals surface area contributed by atoms with Gasteiger partial charge in [0.15, 0.2) is 0 Å². The van der Waals surface area contributed by atoms with Crippen LogP contribution in [0.4, 0.5) is 0 Å². The normalized spacial score (nSPS) is 12.8. The lowest BCUT2D eigenvalue weighted by molar-refractivity contribution is 0.0938. The van der Waals surface area contributed by atoms with E-state index in [0.717, 1.165) is 6.42 Å². The molecule has 0 bridgehead atoms. The molecule has 0 aliphatic heterocycles. The molecule has 1 aromatic heterocycles. The second-order valence-corrected chi connectivity index (χ2v) is 5.85. The molecule has 3 N–H and O–H groups in total. The van der Waals surface area contributed by atoms with Crippen LogP contribution in [0.15, 0.2) is 12.1 Å². The molecule has 0 saturated heterocycles. The Labute approximate surface area is 105 Å². The van der Waals surface area contributed by atoms with Crippen molar-refractivity contribution in [2.24, 2.45) is 11.7 Å². The molecule has 0 radical (unpaired) electrons. The van der Waals surface area contributed by atoms with Gasteiger partial charge < -0.3 is 11.1 Å². The van der Waals surface area contributed by atoms with Crippen LogP contribution in [0.3, 0.4) is 0 Å². The monoisotopic (exact) mass is 260 g/mol. The van der Waals surface area contributed by atoms with Gasteiger partial charge in [-0.2, -0.15) is 0 Å². The van der Waals surface area contributed by atoms with Crippen molar-refractivity contribution in [2.45, 2.75) is 26.3 Å². The highest BCUT2D eigenvalue weighted by molar-refractivity contribution is 7.17. The quantitative estimate of drug-likeness (QED) is 0.855. The topological polar surface area (TPSA) is 55.1 Å². The maximum atomic E-state index is 11.8. The molecule has 0 spiro atoms. The Morgan fingerprint density at radius 3 is 2.69 bits per heavy atom. The fourth-order valence-corrected chi connectivity index (χ4v) is 2.42. The molecule has 1 atom stereocenters. The van der Waals surface area contributed by atoms with Gasteiger partial charge >= 0.3 is 0 Å². The van der Waals surface area contributed by atoms with Gasteiger partial charge in [-0.05, 0) is 24.5 Å². The van der Waals surface area contributed by atoms with Gasteiger partial charge in [-0.3, -0.25) is 4.79 Å². The molecule has 0 fully saturated rings. The first-order valence-electron chi connectivity index (χ1n) is 5.29. The number of halogens is 1. The molecule has 0 aliphatic carbocycles. The number of nitrogens with two attached hydrogens (primary N) is 1. The minimum atomic E-state index is -0.0898. The lowest BCUT2D eigenvalue weighted by atomic mass is 10.0. The zero-order valence-electron chi connectivity index (χ0n) is 9.50. The predicted molar refractivity (Wildman–Crippen MR) is 69.1 cm³/mol. The standard InChI is InChI=1S/C11H17ClN2OS/c1-7(2)5-8(6-13)14-11(15)9-3-4-10(12)16-9/h3-4,7-8H,5-6,13H2,1-2H3,(H,14,15). The zero-order valence-corrected chi connectivity index (χ0v) is 11.1. The molecule has 1 amide bonds. The van der Waals surface area contributed by atoms with Gasteiger partial charge in [0, 0.05) is 12.6 Å². The highest BCUT2D eigenvalue weighted by Gasteiger charge is 2.14. The van der Waals surface area contributed by atoms with Gasteiger partial charge in [-0.1, -0.05) is 25.4 Å². The third kappa shape index (κ3) is 4.12. The van der Waals surface area contributed by atoms with Crippen molar-refractivity contribution in [3.63, 3.8) is 0 Å². The summed E-state index contributed by atoms with van der Waals surface area (Å²) in [6.07, 6.45) is 0.890. The Morgan fingerprint density at radius 2 is 2.25 bits per heavy atom. The van der Waals surface area contributed by atoms with Crippen molar-refractivity contribution < 1.29 is 4.79 Å². The summed E-state index contributed by atoms with van der Waals surface area (Å²) in [6, 6.07) is 3.49. The summed E-state index contributed by atoms with van der Waals surface area (Å²) >= 11 is 7.05. The Bertz CT molecular complexity index is 352. The summed E-state index contributed by atoms with van der Waals surface area (Å²) in [4.78, 5) is 12.4. The van der Waals surface area contributed by atoms with Crippen molar-refractivity contribution in [3.8, 4) is 0 Å². The second-order valence-electron chi connectivity index (χ2n) is 4.14. The molecule has 3 nitrogen and oxygen atoms in total. The summed E-state index contributed by atoms with van der Waals surface area (Å²) in [7, 11) is 0. The number of carbonyl (C=O) groups is 1. The Morgan fingerprint density at radius 1 is 1.56 bits per heavy atom. The van der Waals surface area contributed by atoms with E-state index < -0.39 is 0 Å². The van der Waals surface area contributed by atoms with Gasteiger partial charge in [-0.15, -0.1) is 11.3 Å². The van der Waals surface area contributed by atoms with Crippen molar-refractivity contribution in [1.82, 2.24) is 5.32 Å². The molecule has 0 aromatic carbocycles. The van der Waals surface area contributed by atoms with Crippen LogP contribution in [0.5, 0.6) is 0 Å². The lowest BCUT2D eigenvalue weighted by Crippen LogP contribution is -2.40. The largest absolute Gasteiger partial charge is 0.347 e. The first-order chi connectivity index (χ1) is 7.52. The van der Waals surface area contributed by atoms with Crippen LogP contribution in [0, 0.1) is 5.92 Å². The van der Waals surface area contributed by atoms with E-state index in [9.17, 15) is 4.79 Å². The number of hydrogen-bond acceptors (Lipinski definition) is 3. The molecular weight excluding hydrogens is 244 g/mol. The molecule has 90 valence electrons. The van der Waals surface area contributed by atoms with Crippen molar-refractivity contribution >= 4 is 28.8 Å². The fraction of sp³-hybridized carbons (Fsp3) is 0.545. The lowest BCUT2D eigenvalue weighted by Gasteiger charge is -2.18. The molecule has 1 heterocycles. The number of rotatable bonds is 5. The number of nitrogens with one attached hydrogen (secondary N) is 1. The van der Waals surface area contributed by atoms with Crippen LogP contribution in [-0.2, 0) is 0 Å². The maximum absolute atomic E-state index is 11.8. The van der Waals surface area contributed by atoms with E-state index >= 15 is 0 Å². The molecule has 16 heavy (non-hydrogen) atoms. The Balaban J connectivity index is 2.55. The molecule has 0 saturated carbocycles. The van der Waals surface area contributed by atoms with E-state index in [1.54, 1.807) is 12.1 Å². The van der Waals surface area contributed by atoms with Gasteiger partial charge in [0.2, 0.25) is 0 Å². The van der Waals surface area contributed by atoms with Crippen molar-refractivity contribution in [2.75, 3.05) is 6.54 Å². The SMILES string of the molecule is CC(C)CC(CN)NC(=O)c1ccc(Cl)s1. The van der Waals surface area contributed by atoms with Gasteiger partial charge in [-0.25, -0.2) is 0 Å². The third-order valence-electron chi connectivity index (χ3n) is 2.17. The molecule has 5 heteroatoms. The first-order valence-corrected chi connectivity index (χ1v) is 6.48. The minimum absolute atomic E-state index is 0.0355. The van der Waals surface area contributed by atoms with Crippen LogP contribution in [-0.4, -0.2) is 18.5 Å². The van der Waals surface area contributed by atoms with Crippen LogP contribution in [0.2, 0.25) is 4.34 Å². The smallest absolute Gasteiger partial charge is 0.261 e. The van der Waals surface area contributed by atoms with Crippen LogP contribution < -0.4 is 11.1 Å². The van der Waals surface area contributed by atoms with E-state index in [1.165, 1.54) is 11.3 Å². The predicted octanol–water partition coefficient (Wildman–Crippen LogP) is 2.50. The van der Waals surface area contributed by atoms with E-state index in [4.69, 9.17) is 17.3 Å².